The summed E-state index contributed by atoms with van der Waals surface area (Å²) in [5, 5.41) is 2.96. The molecule has 1 aromatic carbocycles. The summed E-state index contributed by atoms with van der Waals surface area (Å²) >= 11 is 0. The molecule has 0 bridgehead atoms. The van der Waals surface area contributed by atoms with Gasteiger partial charge in [-0.1, -0.05) is 26.7 Å². The fraction of sp³-hybridized carbons (Fsp3) is 0.600. The number of hydrogen-bond acceptors (Lipinski definition) is 5. The van der Waals surface area contributed by atoms with Gasteiger partial charge in [0.15, 0.2) is 17.6 Å². The average molecular weight is 399 g/mol. The Morgan fingerprint density at radius 2 is 1.89 bits per heavy atom. The first kappa shape index (κ1) is 21.9. The lowest BCUT2D eigenvalue weighted by atomic mass is 9.78. The van der Waals surface area contributed by atoms with Crippen LogP contribution in [-0.4, -0.2) is 37.7 Å². The van der Waals surface area contributed by atoms with Gasteiger partial charge in [-0.25, -0.2) is 4.79 Å². The number of rotatable bonds is 7. The average Bonchev–Trinajstić information content (AvgIpc) is 2.65. The van der Waals surface area contributed by atoms with Crippen LogP contribution in [0.15, 0.2) is 18.2 Å². The molecular formula is C20H27F2NO5. The van der Waals surface area contributed by atoms with Crippen molar-refractivity contribution >= 4 is 11.9 Å². The molecule has 1 aromatic rings. The highest BCUT2D eigenvalue weighted by molar-refractivity contribution is 5.92. The largest absolute Gasteiger partial charge is 0.493 e. The number of alkyl halides is 2. The molecule has 8 heteroatoms. The highest BCUT2D eigenvalue weighted by atomic mass is 19.3. The topological polar surface area (TPSA) is 73.9 Å². The fourth-order valence-electron chi connectivity index (χ4n) is 3.36. The first-order valence-electron chi connectivity index (χ1n) is 9.37. The van der Waals surface area contributed by atoms with Crippen molar-refractivity contribution in [1.29, 1.82) is 0 Å². The standard InChI is InChI=1S/C20H27F2NO5/c1-11-6-5-7-15(12(11)2)23-18(24)13(3)27-19(25)14-8-9-16(28-20(21)22)17(10-14)26-4/h8-13,15,20H,5-7H2,1-4H3,(H,23,24)/t11-,12+,13+,15+/m0/s1. The maximum absolute atomic E-state index is 12.4. The predicted octanol–water partition coefficient (Wildman–Crippen LogP) is 3.78. The Morgan fingerprint density at radius 3 is 2.54 bits per heavy atom. The molecule has 1 saturated carbocycles. The van der Waals surface area contributed by atoms with Gasteiger partial charge in [-0.2, -0.15) is 8.78 Å². The molecule has 0 spiro atoms. The van der Waals surface area contributed by atoms with E-state index in [9.17, 15) is 18.4 Å². The van der Waals surface area contributed by atoms with Gasteiger partial charge in [0, 0.05) is 6.04 Å². The number of carbonyl (C=O) groups excluding carboxylic acids is 2. The van der Waals surface area contributed by atoms with Gasteiger partial charge in [0.05, 0.1) is 12.7 Å². The number of hydrogen-bond donors (Lipinski definition) is 1. The predicted molar refractivity (Wildman–Crippen MR) is 98.6 cm³/mol. The molecular weight excluding hydrogens is 372 g/mol. The second kappa shape index (κ2) is 9.71. The fourth-order valence-corrected chi connectivity index (χ4v) is 3.36. The van der Waals surface area contributed by atoms with Crippen LogP contribution in [0.25, 0.3) is 0 Å². The van der Waals surface area contributed by atoms with Gasteiger partial charge in [-0.05, 0) is 43.4 Å². The van der Waals surface area contributed by atoms with E-state index in [-0.39, 0.29) is 29.0 Å². The zero-order valence-electron chi connectivity index (χ0n) is 16.5. The molecule has 1 amide bonds. The smallest absolute Gasteiger partial charge is 0.387 e. The number of amides is 1. The Morgan fingerprint density at radius 1 is 1.18 bits per heavy atom. The number of esters is 1. The quantitative estimate of drug-likeness (QED) is 0.707. The number of ether oxygens (including phenoxy) is 3. The van der Waals surface area contributed by atoms with Gasteiger partial charge in [0.25, 0.3) is 5.91 Å². The van der Waals surface area contributed by atoms with E-state index in [4.69, 9.17) is 9.47 Å². The Kier molecular flexibility index (Phi) is 7.60. The number of nitrogens with one attached hydrogen (secondary N) is 1. The highest BCUT2D eigenvalue weighted by Crippen LogP contribution is 2.31. The van der Waals surface area contributed by atoms with Gasteiger partial charge >= 0.3 is 12.6 Å². The van der Waals surface area contributed by atoms with E-state index >= 15 is 0 Å². The molecule has 1 fully saturated rings. The summed E-state index contributed by atoms with van der Waals surface area (Å²) in [6, 6.07) is 3.76. The van der Waals surface area contributed by atoms with E-state index in [1.54, 1.807) is 0 Å². The lowest BCUT2D eigenvalue weighted by Gasteiger charge is -2.35. The Balaban J connectivity index is 1.98. The molecule has 2 rings (SSSR count). The second-order valence-electron chi connectivity index (χ2n) is 7.17. The van der Waals surface area contributed by atoms with E-state index in [0.717, 1.165) is 19.3 Å². The van der Waals surface area contributed by atoms with Crippen LogP contribution >= 0.6 is 0 Å². The summed E-state index contributed by atoms with van der Waals surface area (Å²) in [6.45, 7) is 2.76. The molecule has 1 N–H and O–H groups in total. The zero-order valence-corrected chi connectivity index (χ0v) is 16.5. The molecule has 28 heavy (non-hydrogen) atoms. The summed E-state index contributed by atoms with van der Waals surface area (Å²) in [4.78, 5) is 24.7. The van der Waals surface area contributed by atoms with Crippen molar-refractivity contribution in [2.24, 2.45) is 11.8 Å². The lowest BCUT2D eigenvalue weighted by molar-refractivity contribution is -0.130. The minimum Gasteiger partial charge on any atom is -0.493 e. The first-order chi connectivity index (χ1) is 13.2. The molecule has 156 valence electrons. The molecule has 4 atom stereocenters. The van der Waals surface area contributed by atoms with E-state index < -0.39 is 18.7 Å². The Labute approximate surface area is 163 Å². The lowest BCUT2D eigenvalue weighted by Crippen LogP contribution is -2.47. The number of benzene rings is 1. The number of carbonyl (C=O) groups is 2. The third-order valence-corrected chi connectivity index (χ3v) is 5.30. The van der Waals surface area contributed by atoms with Gasteiger partial charge in [0.1, 0.15) is 0 Å². The van der Waals surface area contributed by atoms with Crippen molar-refractivity contribution in [3.05, 3.63) is 23.8 Å². The molecule has 0 aromatic heterocycles. The Bertz CT molecular complexity index is 697. The van der Waals surface area contributed by atoms with Gasteiger partial charge in [-0.3, -0.25) is 4.79 Å². The molecule has 6 nitrogen and oxygen atoms in total. The molecule has 0 unspecified atom stereocenters. The molecule has 0 radical (unpaired) electrons. The summed E-state index contributed by atoms with van der Waals surface area (Å²) in [7, 11) is 1.27. The first-order valence-corrected chi connectivity index (χ1v) is 9.37. The van der Waals surface area contributed by atoms with Crippen LogP contribution in [0.1, 0.15) is 50.4 Å². The highest BCUT2D eigenvalue weighted by Gasteiger charge is 2.30. The van der Waals surface area contributed by atoms with Crippen molar-refractivity contribution < 1.29 is 32.6 Å². The monoisotopic (exact) mass is 399 g/mol. The van der Waals surface area contributed by atoms with Gasteiger partial charge in [-0.15, -0.1) is 0 Å². The molecule has 0 aliphatic heterocycles. The van der Waals surface area contributed by atoms with Gasteiger partial charge in [0.2, 0.25) is 0 Å². The van der Waals surface area contributed by atoms with E-state index in [1.807, 2.05) is 0 Å². The summed E-state index contributed by atoms with van der Waals surface area (Å²) < 4.78 is 39.3. The van der Waals surface area contributed by atoms with Crippen molar-refractivity contribution in [2.75, 3.05) is 7.11 Å². The SMILES string of the molecule is COc1cc(C(=O)O[C@H](C)C(=O)N[C@@H]2CCC[C@H](C)[C@H]2C)ccc1OC(F)F. The third kappa shape index (κ3) is 5.56. The summed E-state index contributed by atoms with van der Waals surface area (Å²) in [5.41, 5.74) is 0.0674. The van der Waals surface area contributed by atoms with Crippen LogP contribution in [0.2, 0.25) is 0 Å². The number of halogens is 2. The maximum Gasteiger partial charge on any atom is 0.387 e. The summed E-state index contributed by atoms with van der Waals surface area (Å²) in [6.07, 6.45) is 2.11. The third-order valence-electron chi connectivity index (χ3n) is 5.30. The van der Waals surface area contributed by atoms with E-state index in [1.165, 1.54) is 32.2 Å². The van der Waals surface area contributed by atoms with Crippen LogP contribution in [0.4, 0.5) is 8.78 Å². The van der Waals surface area contributed by atoms with Crippen molar-refractivity contribution in [1.82, 2.24) is 5.32 Å². The summed E-state index contributed by atoms with van der Waals surface area (Å²) in [5.74, 6) is -0.457. The maximum atomic E-state index is 12.4. The minimum atomic E-state index is -3.01. The van der Waals surface area contributed by atoms with E-state index in [0.29, 0.717) is 11.8 Å². The molecule has 1 aliphatic carbocycles. The molecule has 0 heterocycles. The van der Waals surface area contributed by atoms with Crippen molar-refractivity contribution in [2.45, 2.75) is 58.8 Å². The van der Waals surface area contributed by atoms with Crippen LogP contribution in [0, 0.1) is 11.8 Å². The second-order valence-corrected chi connectivity index (χ2v) is 7.17. The molecule has 0 saturated heterocycles. The number of methoxy groups -OCH3 is 1. The van der Waals surface area contributed by atoms with Crippen LogP contribution < -0.4 is 14.8 Å². The normalized spacial score (nSPS) is 23.0. The minimum absolute atomic E-state index is 0.0307. The molecule has 1 aliphatic rings. The van der Waals surface area contributed by atoms with Crippen molar-refractivity contribution in [3.8, 4) is 11.5 Å². The van der Waals surface area contributed by atoms with Crippen LogP contribution in [-0.2, 0) is 9.53 Å². The zero-order chi connectivity index (χ0) is 20.8. The van der Waals surface area contributed by atoms with E-state index in [2.05, 4.69) is 23.9 Å². The van der Waals surface area contributed by atoms with Crippen LogP contribution in [0.5, 0.6) is 11.5 Å². The van der Waals surface area contributed by atoms with Crippen molar-refractivity contribution in [3.63, 3.8) is 0 Å². The van der Waals surface area contributed by atoms with Crippen LogP contribution in [0.3, 0.4) is 0 Å². The Hall–Kier alpha value is -2.38. The van der Waals surface area contributed by atoms with Gasteiger partial charge < -0.3 is 19.5 Å².